The van der Waals surface area contributed by atoms with E-state index in [1.807, 2.05) is 24.3 Å². The Morgan fingerprint density at radius 1 is 1.11 bits per heavy atom. The molecule has 2 aromatic rings. The summed E-state index contributed by atoms with van der Waals surface area (Å²) in [7, 11) is 1.71. The number of benzene rings is 2. The maximum Gasteiger partial charge on any atom is 0.203 e. The van der Waals surface area contributed by atoms with Gasteiger partial charge < -0.3 is 14.2 Å². The van der Waals surface area contributed by atoms with Gasteiger partial charge in [0.2, 0.25) is 5.72 Å². The third kappa shape index (κ3) is 2.68. The minimum atomic E-state index is -0.482. The lowest BCUT2D eigenvalue weighted by atomic mass is 9.86. The molecule has 5 rings (SSSR count). The van der Waals surface area contributed by atoms with Crippen molar-refractivity contribution < 1.29 is 14.2 Å². The quantitative estimate of drug-likeness (QED) is 0.770. The minimum Gasteiger partial charge on any atom is -0.496 e. The van der Waals surface area contributed by atoms with Crippen LogP contribution in [-0.4, -0.2) is 35.8 Å². The van der Waals surface area contributed by atoms with E-state index in [0.717, 1.165) is 42.0 Å². The Balaban J connectivity index is 1.62. The average Bonchev–Trinajstić information content (AvgIpc) is 3.14. The monoisotopic (exact) mass is 378 g/mol. The third-order valence-corrected chi connectivity index (χ3v) is 6.01. The van der Waals surface area contributed by atoms with Crippen molar-refractivity contribution in [3.05, 3.63) is 59.7 Å². The summed E-state index contributed by atoms with van der Waals surface area (Å²) in [6, 6.07) is 16.6. The lowest BCUT2D eigenvalue weighted by molar-refractivity contribution is -0.212. The lowest BCUT2D eigenvalue weighted by Gasteiger charge is -2.52. The normalized spacial score (nSPS) is 27.6. The minimum absolute atomic E-state index is 0.166. The molecule has 5 nitrogen and oxygen atoms in total. The van der Waals surface area contributed by atoms with Gasteiger partial charge in [0.1, 0.15) is 11.5 Å². The predicted molar refractivity (Wildman–Crippen MR) is 108 cm³/mol. The first-order valence-corrected chi connectivity index (χ1v) is 9.93. The zero-order valence-electron chi connectivity index (χ0n) is 16.6. The molecule has 0 unspecified atom stereocenters. The first-order valence-electron chi connectivity index (χ1n) is 9.93. The maximum absolute atomic E-state index is 6.66. The van der Waals surface area contributed by atoms with Gasteiger partial charge in [0.15, 0.2) is 0 Å². The largest absolute Gasteiger partial charge is 0.496 e. The Kier molecular flexibility index (Phi) is 3.91. The summed E-state index contributed by atoms with van der Waals surface area (Å²) >= 11 is 0. The fourth-order valence-electron chi connectivity index (χ4n) is 4.85. The molecule has 1 spiro atoms. The highest BCUT2D eigenvalue weighted by Gasteiger charge is 2.54. The van der Waals surface area contributed by atoms with Crippen LogP contribution in [0.25, 0.3) is 0 Å². The highest BCUT2D eigenvalue weighted by Crippen LogP contribution is 2.52. The van der Waals surface area contributed by atoms with Gasteiger partial charge in [-0.1, -0.05) is 30.3 Å². The van der Waals surface area contributed by atoms with Crippen molar-refractivity contribution in [3.63, 3.8) is 0 Å². The number of methoxy groups -OCH3 is 1. The molecule has 3 aliphatic heterocycles. The fourth-order valence-corrected chi connectivity index (χ4v) is 4.85. The Morgan fingerprint density at radius 3 is 2.71 bits per heavy atom. The molecule has 1 fully saturated rings. The molecule has 0 aliphatic carbocycles. The van der Waals surface area contributed by atoms with E-state index in [0.29, 0.717) is 6.61 Å². The Labute approximate surface area is 165 Å². The van der Waals surface area contributed by atoms with Gasteiger partial charge in [-0.2, -0.15) is 5.10 Å². The van der Waals surface area contributed by atoms with E-state index in [1.165, 1.54) is 5.56 Å². The van der Waals surface area contributed by atoms with Crippen molar-refractivity contribution in [1.29, 1.82) is 0 Å². The molecule has 3 heterocycles. The van der Waals surface area contributed by atoms with E-state index in [2.05, 4.69) is 43.1 Å². The van der Waals surface area contributed by atoms with E-state index in [-0.39, 0.29) is 11.6 Å². The van der Waals surface area contributed by atoms with Crippen molar-refractivity contribution >= 4 is 5.71 Å². The molecule has 0 radical (unpaired) electrons. The Hall–Kier alpha value is -2.53. The molecule has 0 N–H and O–H groups in total. The van der Waals surface area contributed by atoms with Gasteiger partial charge in [-0.3, -0.25) is 0 Å². The van der Waals surface area contributed by atoms with Crippen molar-refractivity contribution in [2.24, 2.45) is 5.10 Å². The molecule has 1 saturated heterocycles. The zero-order valence-corrected chi connectivity index (χ0v) is 16.6. The summed E-state index contributed by atoms with van der Waals surface area (Å²) in [4.78, 5) is 0. The zero-order chi connectivity index (χ0) is 19.4. The number of rotatable bonds is 2. The summed E-state index contributed by atoms with van der Waals surface area (Å²) in [5.74, 6) is 1.83. The molecule has 0 bridgehead atoms. The van der Waals surface area contributed by atoms with E-state index >= 15 is 0 Å². The van der Waals surface area contributed by atoms with Crippen LogP contribution in [0.5, 0.6) is 11.5 Å². The van der Waals surface area contributed by atoms with E-state index < -0.39 is 5.72 Å². The topological polar surface area (TPSA) is 43.3 Å². The second-order valence-corrected chi connectivity index (χ2v) is 8.43. The van der Waals surface area contributed by atoms with E-state index in [4.69, 9.17) is 19.3 Å². The summed E-state index contributed by atoms with van der Waals surface area (Å²) in [6.45, 7) is 4.93. The molecule has 3 aliphatic rings. The van der Waals surface area contributed by atoms with E-state index in [1.54, 1.807) is 7.11 Å². The summed E-state index contributed by atoms with van der Waals surface area (Å²) in [5, 5.41) is 7.33. The number of para-hydroxylation sites is 2. The summed E-state index contributed by atoms with van der Waals surface area (Å²) in [6.07, 6.45) is 2.40. The number of ether oxygens (including phenoxy) is 3. The van der Waals surface area contributed by atoms with Crippen molar-refractivity contribution in [1.82, 2.24) is 5.01 Å². The molecule has 0 aromatic heterocycles. The van der Waals surface area contributed by atoms with Gasteiger partial charge in [0.05, 0.1) is 31.1 Å². The molecule has 0 saturated carbocycles. The maximum atomic E-state index is 6.66. The predicted octanol–water partition coefficient (Wildman–Crippen LogP) is 4.52. The fraction of sp³-hybridized carbons (Fsp3) is 0.435. The molecule has 2 aromatic carbocycles. The van der Waals surface area contributed by atoms with Gasteiger partial charge in [-0.25, -0.2) is 5.01 Å². The number of nitrogens with zero attached hydrogens (tertiary/aromatic N) is 2. The van der Waals surface area contributed by atoms with Gasteiger partial charge in [0.25, 0.3) is 0 Å². The smallest absolute Gasteiger partial charge is 0.203 e. The molecule has 146 valence electrons. The summed E-state index contributed by atoms with van der Waals surface area (Å²) < 4.78 is 18.3. The second kappa shape index (κ2) is 6.24. The number of fused-ring (bicyclic) bond motifs is 4. The van der Waals surface area contributed by atoms with Crippen LogP contribution in [0.3, 0.4) is 0 Å². The van der Waals surface area contributed by atoms with Crippen LogP contribution >= 0.6 is 0 Å². The molecule has 28 heavy (non-hydrogen) atoms. The molecule has 2 atom stereocenters. The van der Waals surface area contributed by atoms with Crippen LogP contribution in [-0.2, 0) is 4.74 Å². The number of hydrazone groups is 1. The number of hydrogen-bond acceptors (Lipinski definition) is 5. The number of hydrogen-bond donors (Lipinski definition) is 0. The first kappa shape index (κ1) is 17.6. The van der Waals surface area contributed by atoms with Crippen LogP contribution in [0.4, 0.5) is 0 Å². The average molecular weight is 378 g/mol. The van der Waals surface area contributed by atoms with Crippen molar-refractivity contribution in [2.75, 3.05) is 13.7 Å². The van der Waals surface area contributed by atoms with Gasteiger partial charge in [-0.05, 0) is 32.0 Å². The lowest BCUT2D eigenvalue weighted by Crippen LogP contribution is -2.60. The molecule has 0 amide bonds. The highest BCUT2D eigenvalue weighted by atomic mass is 16.5. The van der Waals surface area contributed by atoms with Gasteiger partial charge in [0, 0.05) is 30.4 Å². The molecule has 5 heteroatoms. The SMILES string of the molecule is COc1ccccc1C1=NN2[C@@H](C1)c1ccccc1O[C@@]21CCOC(C)(C)C1. The van der Waals surface area contributed by atoms with Crippen molar-refractivity contribution in [3.8, 4) is 11.5 Å². The van der Waals surface area contributed by atoms with Crippen LogP contribution in [0.1, 0.15) is 50.3 Å². The van der Waals surface area contributed by atoms with Crippen LogP contribution < -0.4 is 9.47 Å². The summed E-state index contributed by atoms with van der Waals surface area (Å²) in [5.41, 5.74) is 2.57. The van der Waals surface area contributed by atoms with Crippen LogP contribution in [0, 0.1) is 0 Å². The van der Waals surface area contributed by atoms with Crippen molar-refractivity contribution in [2.45, 2.75) is 50.5 Å². The Bertz CT molecular complexity index is 939. The Morgan fingerprint density at radius 2 is 1.89 bits per heavy atom. The second-order valence-electron chi connectivity index (χ2n) is 8.43. The van der Waals surface area contributed by atoms with Gasteiger partial charge in [-0.15, -0.1) is 0 Å². The molecular weight excluding hydrogens is 352 g/mol. The van der Waals surface area contributed by atoms with Gasteiger partial charge >= 0.3 is 0 Å². The molecular formula is C23H26N2O3. The van der Waals surface area contributed by atoms with E-state index in [9.17, 15) is 0 Å². The highest BCUT2D eigenvalue weighted by molar-refractivity contribution is 6.04. The first-order chi connectivity index (χ1) is 13.5. The van der Waals surface area contributed by atoms with Crippen LogP contribution in [0.2, 0.25) is 0 Å². The third-order valence-electron chi connectivity index (χ3n) is 6.01. The standard InChI is InChI=1S/C23H26N2O3/c1-22(2)15-23(12-13-27-22)25-19(17-9-5-7-11-21(17)28-23)14-18(24-25)16-8-4-6-10-20(16)26-3/h4-11,19H,12-15H2,1-3H3/t19-,23+/m0/s1. The van der Waals surface area contributed by atoms with Crippen LogP contribution in [0.15, 0.2) is 53.6 Å².